The number of ether oxygens (including phenoxy) is 1. The molecule has 0 saturated carbocycles. The topological polar surface area (TPSA) is 35.2 Å². The van der Waals surface area contributed by atoms with E-state index in [0.29, 0.717) is 6.54 Å². The second kappa shape index (κ2) is 5.05. The van der Waals surface area contributed by atoms with Crippen LogP contribution in [0.15, 0.2) is 22.7 Å². The van der Waals surface area contributed by atoms with E-state index < -0.39 is 0 Å². The number of hydrogen-bond donors (Lipinski definition) is 1. The van der Waals surface area contributed by atoms with Gasteiger partial charge in [0.15, 0.2) is 0 Å². The lowest BCUT2D eigenvalue weighted by atomic mass is 9.81. The average Bonchev–Trinajstić information content (AvgIpc) is 2.72. The Morgan fingerprint density at radius 1 is 1.50 bits per heavy atom. The maximum atomic E-state index is 6.22. The van der Waals surface area contributed by atoms with E-state index in [1.165, 1.54) is 0 Å². The van der Waals surface area contributed by atoms with Crippen molar-refractivity contribution in [3.05, 3.63) is 33.3 Å². The van der Waals surface area contributed by atoms with Crippen LogP contribution >= 0.6 is 27.5 Å². The van der Waals surface area contributed by atoms with E-state index in [9.17, 15) is 0 Å². The van der Waals surface area contributed by atoms with E-state index in [1.807, 2.05) is 12.1 Å². The van der Waals surface area contributed by atoms with E-state index >= 15 is 0 Å². The van der Waals surface area contributed by atoms with Crippen LogP contribution in [0.25, 0.3) is 0 Å². The summed E-state index contributed by atoms with van der Waals surface area (Å²) in [6, 6.07) is 6.00. The molecular formula is C12H15BrClNO. The Morgan fingerprint density at radius 3 is 2.88 bits per heavy atom. The van der Waals surface area contributed by atoms with Crippen LogP contribution in [-0.4, -0.2) is 19.8 Å². The molecule has 16 heavy (non-hydrogen) atoms. The molecule has 1 aromatic rings. The lowest BCUT2D eigenvalue weighted by Gasteiger charge is -2.25. The van der Waals surface area contributed by atoms with Crippen LogP contribution in [0, 0.1) is 5.41 Å². The number of nitrogens with two attached hydrogens (primary N) is 1. The van der Waals surface area contributed by atoms with Gasteiger partial charge in [-0.05, 0) is 30.5 Å². The van der Waals surface area contributed by atoms with Gasteiger partial charge in [-0.1, -0.05) is 33.6 Å². The van der Waals surface area contributed by atoms with Crippen molar-refractivity contribution in [2.24, 2.45) is 11.1 Å². The van der Waals surface area contributed by atoms with Crippen LogP contribution in [-0.2, 0) is 11.2 Å². The minimum atomic E-state index is 0.0808. The first-order valence-electron chi connectivity index (χ1n) is 5.37. The molecule has 2 nitrogen and oxygen atoms in total. The first-order valence-corrected chi connectivity index (χ1v) is 6.54. The van der Waals surface area contributed by atoms with Crippen molar-refractivity contribution in [2.75, 3.05) is 19.8 Å². The van der Waals surface area contributed by atoms with Crippen molar-refractivity contribution in [2.45, 2.75) is 12.8 Å². The Kier molecular flexibility index (Phi) is 3.90. The second-order valence-corrected chi connectivity index (χ2v) is 5.74. The molecule has 4 heteroatoms. The van der Waals surface area contributed by atoms with Crippen LogP contribution in [0.4, 0.5) is 0 Å². The van der Waals surface area contributed by atoms with Crippen molar-refractivity contribution in [1.82, 2.24) is 0 Å². The van der Waals surface area contributed by atoms with E-state index in [0.717, 1.165) is 41.1 Å². The van der Waals surface area contributed by atoms with Crippen LogP contribution < -0.4 is 5.73 Å². The number of halogens is 2. The summed E-state index contributed by atoms with van der Waals surface area (Å²) in [6.45, 7) is 2.21. The highest BCUT2D eigenvalue weighted by atomic mass is 79.9. The summed E-state index contributed by atoms with van der Waals surface area (Å²) in [4.78, 5) is 0. The molecule has 0 aromatic heterocycles. The summed E-state index contributed by atoms with van der Waals surface area (Å²) in [6.07, 6.45) is 1.92. The molecule has 2 N–H and O–H groups in total. The minimum Gasteiger partial charge on any atom is -0.381 e. The highest BCUT2D eigenvalue weighted by Gasteiger charge is 2.34. The fourth-order valence-corrected chi connectivity index (χ4v) is 2.83. The van der Waals surface area contributed by atoms with Crippen molar-refractivity contribution in [3.8, 4) is 0 Å². The molecule has 0 spiro atoms. The van der Waals surface area contributed by atoms with Gasteiger partial charge in [-0.2, -0.15) is 0 Å². The first-order chi connectivity index (χ1) is 7.65. The van der Waals surface area contributed by atoms with E-state index in [4.69, 9.17) is 22.1 Å². The van der Waals surface area contributed by atoms with Gasteiger partial charge in [-0.3, -0.25) is 0 Å². The molecule has 1 saturated heterocycles. The third-order valence-electron chi connectivity index (χ3n) is 3.20. The molecular weight excluding hydrogens is 289 g/mol. The van der Waals surface area contributed by atoms with Crippen molar-refractivity contribution >= 4 is 27.5 Å². The Bertz CT molecular complexity index is 377. The van der Waals surface area contributed by atoms with Crippen LogP contribution in [0.1, 0.15) is 12.0 Å². The normalized spacial score (nSPS) is 24.9. The largest absolute Gasteiger partial charge is 0.381 e. The van der Waals surface area contributed by atoms with Gasteiger partial charge in [0.05, 0.1) is 6.61 Å². The molecule has 0 amide bonds. The molecule has 88 valence electrons. The predicted octanol–water partition coefficient (Wildman–Crippen LogP) is 3.01. The zero-order valence-corrected chi connectivity index (χ0v) is 11.4. The lowest BCUT2D eigenvalue weighted by molar-refractivity contribution is 0.154. The summed E-state index contributed by atoms with van der Waals surface area (Å²) in [5.74, 6) is 0. The van der Waals surface area contributed by atoms with E-state index in [1.54, 1.807) is 0 Å². The molecule has 1 aromatic carbocycles. The molecule has 0 bridgehead atoms. The van der Waals surface area contributed by atoms with Crippen molar-refractivity contribution in [3.63, 3.8) is 0 Å². The highest BCUT2D eigenvalue weighted by molar-refractivity contribution is 9.10. The summed E-state index contributed by atoms with van der Waals surface area (Å²) in [5.41, 5.74) is 7.10. The molecule has 1 aliphatic rings. The zero-order valence-electron chi connectivity index (χ0n) is 9.01. The molecule has 0 radical (unpaired) electrons. The molecule has 1 unspecified atom stereocenters. The monoisotopic (exact) mass is 303 g/mol. The van der Waals surface area contributed by atoms with E-state index in [-0.39, 0.29) is 5.41 Å². The molecule has 1 atom stereocenters. The maximum Gasteiger partial charge on any atom is 0.0538 e. The van der Waals surface area contributed by atoms with Crippen LogP contribution in [0.2, 0.25) is 5.02 Å². The van der Waals surface area contributed by atoms with Gasteiger partial charge in [-0.15, -0.1) is 0 Å². The fraction of sp³-hybridized carbons (Fsp3) is 0.500. The Morgan fingerprint density at radius 2 is 2.31 bits per heavy atom. The smallest absolute Gasteiger partial charge is 0.0538 e. The van der Waals surface area contributed by atoms with Gasteiger partial charge in [-0.25, -0.2) is 0 Å². The van der Waals surface area contributed by atoms with Gasteiger partial charge in [0.2, 0.25) is 0 Å². The quantitative estimate of drug-likeness (QED) is 0.931. The standard InChI is InChI=1S/C12H15BrClNO/c13-10-2-1-9(11(14)5-10)6-12(7-15)3-4-16-8-12/h1-2,5H,3-4,6-8,15H2. The molecule has 1 aliphatic heterocycles. The van der Waals surface area contributed by atoms with Crippen molar-refractivity contribution < 1.29 is 4.74 Å². The van der Waals surface area contributed by atoms with Gasteiger partial charge in [0, 0.05) is 28.1 Å². The summed E-state index contributed by atoms with van der Waals surface area (Å²) in [7, 11) is 0. The number of rotatable bonds is 3. The van der Waals surface area contributed by atoms with Gasteiger partial charge in [0.1, 0.15) is 0 Å². The van der Waals surface area contributed by atoms with Gasteiger partial charge >= 0.3 is 0 Å². The van der Waals surface area contributed by atoms with E-state index in [2.05, 4.69) is 22.0 Å². The van der Waals surface area contributed by atoms with Gasteiger partial charge < -0.3 is 10.5 Å². The average molecular weight is 305 g/mol. The maximum absolute atomic E-state index is 6.22. The summed E-state index contributed by atoms with van der Waals surface area (Å²) in [5, 5.41) is 0.800. The minimum absolute atomic E-state index is 0.0808. The Hall–Kier alpha value is -0.0900. The Balaban J connectivity index is 2.19. The summed E-state index contributed by atoms with van der Waals surface area (Å²) < 4.78 is 6.46. The molecule has 1 fully saturated rings. The number of hydrogen-bond acceptors (Lipinski definition) is 2. The highest BCUT2D eigenvalue weighted by Crippen LogP contribution is 2.34. The van der Waals surface area contributed by atoms with Gasteiger partial charge in [0.25, 0.3) is 0 Å². The fourth-order valence-electron chi connectivity index (χ4n) is 2.09. The third-order valence-corrected chi connectivity index (χ3v) is 4.04. The van der Waals surface area contributed by atoms with Crippen LogP contribution in [0.5, 0.6) is 0 Å². The Labute approximate surface area is 109 Å². The van der Waals surface area contributed by atoms with Crippen LogP contribution in [0.3, 0.4) is 0 Å². The SMILES string of the molecule is NCC1(Cc2ccc(Br)cc2Cl)CCOC1. The second-order valence-electron chi connectivity index (χ2n) is 4.42. The first kappa shape index (κ1) is 12.4. The third kappa shape index (κ3) is 2.59. The molecule has 1 heterocycles. The zero-order chi connectivity index (χ0) is 11.6. The molecule has 2 rings (SSSR count). The van der Waals surface area contributed by atoms with Crippen molar-refractivity contribution in [1.29, 1.82) is 0 Å². The summed E-state index contributed by atoms with van der Waals surface area (Å²) >= 11 is 9.62. The number of benzene rings is 1. The lowest BCUT2D eigenvalue weighted by Crippen LogP contribution is -2.33. The predicted molar refractivity (Wildman–Crippen MR) is 69.8 cm³/mol. The molecule has 0 aliphatic carbocycles.